The number of hydrogen-bond acceptors (Lipinski definition) is 3. The van der Waals surface area contributed by atoms with Gasteiger partial charge in [-0.15, -0.1) is 0 Å². The fourth-order valence-corrected chi connectivity index (χ4v) is 2.76. The third-order valence-corrected chi connectivity index (χ3v) is 3.81. The van der Waals surface area contributed by atoms with Gasteiger partial charge in [0.15, 0.2) is 0 Å². The maximum atomic E-state index is 11.6. The number of rotatable bonds is 3. The molecule has 3 N–H and O–H groups in total. The van der Waals surface area contributed by atoms with Crippen LogP contribution in [0.15, 0.2) is 53.4 Å². The van der Waals surface area contributed by atoms with Crippen LogP contribution >= 0.6 is 0 Å². The lowest BCUT2D eigenvalue weighted by atomic mass is 9.98. The van der Waals surface area contributed by atoms with Gasteiger partial charge in [0.1, 0.15) is 0 Å². The third-order valence-electron chi connectivity index (χ3n) is 2.85. The van der Waals surface area contributed by atoms with E-state index in [1.165, 1.54) is 6.07 Å². The van der Waals surface area contributed by atoms with Gasteiger partial charge in [0.2, 0.25) is 10.0 Å². The van der Waals surface area contributed by atoms with Crippen molar-refractivity contribution < 1.29 is 8.42 Å². The van der Waals surface area contributed by atoms with Crippen LogP contribution < -0.4 is 5.14 Å². The maximum absolute atomic E-state index is 11.6. The molecule has 0 saturated carbocycles. The molecule has 0 bridgehead atoms. The summed E-state index contributed by atoms with van der Waals surface area (Å²) in [5, 5.41) is 13.4. The highest BCUT2D eigenvalue weighted by molar-refractivity contribution is 7.89. The van der Waals surface area contributed by atoms with E-state index >= 15 is 0 Å². The Kier molecular flexibility index (Phi) is 3.50. The van der Waals surface area contributed by atoms with Crippen LogP contribution in [0.2, 0.25) is 0 Å². The molecule has 2 aromatic carbocycles. The lowest BCUT2D eigenvalue weighted by Crippen LogP contribution is -2.18. The summed E-state index contributed by atoms with van der Waals surface area (Å²) in [6.07, 6.45) is 0. The molecule has 0 heterocycles. The predicted octanol–water partition coefficient (Wildman–Crippen LogP) is 2.06. The highest BCUT2D eigenvalue weighted by Gasteiger charge is 2.19. The van der Waals surface area contributed by atoms with E-state index in [0.717, 1.165) is 0 Å². The predicted molar refractivity (Wildman–Crippen MR) is 74.9 cm³/mol. The summed E-state index contributed by atoms with van der Waals surface area (Å²) in [7, 11) is -3.85. The van der Waals surface area contributed by atoms with E-state index in [9.17, 15) is 8.42 Å². The summed E-state index contributed by atoms with van der Waals surface area (Å²) >= 11 is 0. The van der Waals surface area contributed by atoms with E-state index in [2.05, 4.69) is 0 Å². The van der Waals surface area contributed by atoms with E-state index < -0.39 is 10.0 Å². The quantitative estimate of drug-likeness (QED) is 0.840. The first-order valence-electron chi connectivity index (χ1n) is 5.68. The van der Waals surface area contributed by atoms with Crippen LogP contribution in [0.4, 0.5) is 0 Å². The van der Waals surface area contributed by atoms with Gasteiger partial charge in [0, 0.05) is 11.1 Å². The summed E-state index contributed by atoms with van der Waals surface area (Å²) in [5.41, 5.74) is 1.88. The number of primary sulfonamides is 1. The molecule has 0 fully saturated rings. The molecule has 0 aliphatic carbocycles. The Hall–Kier alpha value is -1.98. The van der Waals surface area contributed by atoms with Crippen molar-refractivity contribution in [2.45, 2.75) is 11.8 Å². The summed E-state index contributed by atoms with van der Waals surface area (Å²) in [4.78, 5) is -0.0126. The summed E-state index contributed by atoms with van der Waals surface area (Å²) in [6.45, 7) is 1.77. The van der Waals surface area contributed by atoms with Crippen LogP contribution in [-0.2, 0) is 10.0 Å². The van der Waals surface area contributed by atoms with Crippen molar-refractivity contribution in [1.29, 1.82) is 5.41 Å². The molecule has 4 nitrogen and oxygen atoms in total. The normalized spacial score (nSPS) is 11.3. The molecule has 19 heavy (non-hydrogen) atoms. The van der Waals surface area contributed by atoms with Crippen LogP contribution in [0, 0.1) is 12.3 Å². The Bertz CT molecular complexity index is 722. The van der Waals surface area contributed by atoms with Gasteiger partial charge in [0.05, 0.1) is 10.6 Å². The van der Waals surface area contributed by atoms with Gasteiger partial charge in [-0.1, -0.05) is 42.5 Å². The number of nitrogens with one attached hydrogen (secondary N) is 1. The van der Waals surface area contributed by atoms with Crippen LogP contribution in [0.5, 0.6) is 0 Å². The second kappa shape index (κ2) is 4.95. The number of benzene rings is 2. The molecule has 0 saturated heterocycles. The molecular formula is C14H14N2O2S. The SMILES string of the molecule is Cc1cccc(S(N)(=O)=O)c1C(=N)c1ccccc1. The van der Waals surface area contributed by atoms with Crippen molar-refractivity contribution in [3.05, 3.63) is 65.2 Å². The van der Waals surface area contributed by atoms with Crippen LogP contribution in [0.25, 0.3) is 0 Å². The molecule has 0 amide bonds. The number of nitrogens with two attached hydrogens (primary N) is 1. The van der Waals surface area contributed by atoms with Crippen molar-refractivity contribution in [1.82, 2.24) is 0 Å². The topological polar surface area (TPSA) is 84.0 Å². The first-order valence-corrected chi connectivity index (χ1v) is 7.22. The minimum absolute atomic E-state index is 0.0126. The highest BCUT2D eigenvalue weighted by atomic mass is 32.2. The van der Waals surface area contributed by atoms with Crippen molar-refractivity contribution in [3.63, 3.8) is 0 Å². The van der Waals surface area contributed by atoms with Gasteiger partial charge >= 0.3 is 0 Å². The van der Waals surface area contributed by atoms with Crippen molar-refractivity contribution >= 4 is 15.7 Å². The van der Waals surface area contributed by atoms with E-state index in [1.807, 2.05) is 6.07 Å². The first kappa shape index (κ1) is 13.5. The summed E-state index contributed by atoms with van der Waals surface area (Å²) < 4.78 is 23.2. The van der Waals surface area contributed by atoms with Crippen molar-refractivity contribution in [3.8, 4) is 0 Å². The van der Waals surface area contributed by atoms with E-state index in [0.29, 0.717) is 16.7 Å². The van der Waals surface area contributed by atoms with Gasteiger partial charge in [0.25, 0.3) is 0 Å². The van der Waals surface area contributed by atoms with Gasteiger partial charge in [-0.25, -0.2) is 13.6 Å². The largest absolute Gasteiger partial charge is 0.300 e. The maximum Gasteiger partial charge on any atom is 0.238 e. The highest BCUT2D eigenvalue weighted by Crippen LogP contribution is 2.21. The molecule has 2 aromatic rings. The molecular weight excluding hydrogens is 260 g/mol. The number of aryl methyl sites for hydroxylation is 1. The smallest absolute Gasteiger partial charge is 0.238 e. The Morgan fingerprint density at radius 1 is 1.05 bits per heavy atom. The molecule has 0 aromatic heterocycles. The fourth-order valence-electron chi connectivity index (χ4n) is 1.95. The third kappa shape index (κ3) is 2.72. The van der Waals surface area contributed by atoms with Gasteiger partial charge in [-0.05, 0) is 18.6 Å². The van der Waals surface area contributed by atoms with E-state index in [1.54, 1.807) is 43.3 Å². The minimum Gasteiger partial charge on any atom is -0.300 e. The van der Waals surface area contributed by atoms with Gasteiger partial charge < -0.3 is 0 Å². The Balaban J connectivity index is 2.67. The summed E-state index contributed by atoms with van der Waals surface area (Å²) in [5.74, 6) is 0. The second-order valence-electron chi connectivity index (χ2n) is 4.23. The standard InChI is InChI=1S/C14H14N2O2S/c1-10-6-5-9-12(19(16,17)18)13(10)14(15)11-7-3-2-4-8-11/h2-9,15H,1H3,(H2,16,17,18). The second-order valence-corrected chi connectivity index (χ2v) is 5.76. The van der Waals surface area contributed by atoms with E-state index in [4.69, 9.17) is 10.5 Å². The van der Waals surface area contributed by atoms with Gasteiger partial charge in [-0.3, -0.25) is 5.41 Å². The molecule has 0 spiro atoms. The molecule has 0 aliphatic rings. The molecule has 0 aliphatic heterocycles. The average molecular weight is 274 g/mol. The average Bonchev–Trinajstić information content (AvgIpc) is 2.37. The molecule has 0 radical (unpaired) electrons. The van der Waals surface area contributed by atoms with Crippen molar-refractivity contribution in [2.75, 3.05) is 0 Å². The van der Waals surface area contributed by atoms with Crippen molar-refractivity contribution in [2.24, 2.45) is 5.14 Å². The molecule has 0 atom stereocenters. The molecule has 5 heteroatoms. The Morgan fingerprint density at radius 3 is 2.26 bits per heavy atom. The Labute approximate surface area is 112 Å². The van der Waals surface area contributed by atoms with Crippen LogP contribution in [-0.4, -0.2) is 14.1 Å². The zero-order valence-electron chi connectivity index (χ0n) is 10.4. The minimum atomic E-state index is -3.85. The lowest BCUT2D eigenvalue weighted by Gasteiger charge is -2.12. The number of hydrogen-bond donors (Lipinski definition) is 2. The zero-order valence-corrected chi connectivity index (χ0v) is 11.2. The van der Waals surface area contributed by atoms with Gasteiger partial charge in [-0.2, -0.15) is 0 Å². The molecule has 98 valence electrons. The molecule has 2 rings (SSSR count). The van der Waals surface area contributed by atoms with Crippen LogP contribution in [0.1, 0.15) is 16.7 Å². The summed E-state index contributed by atoms with van der Waals surface area (Å²) in [6, 6.07) is 13.8. The zero-order chi connectivity index (χ0) is 14.0. The Morgan fingerprint density at radius 2 is 1.68 bits per heavy atom. The lowest BCUT2D eigenvalue weighted by molar-refractivity contribution is 0.597. The van der Waals surface area contributed by atoms with Crippen LogP contribution in [0.3, 0.4) is 0 Å². The van der Waals surface area contributed by atoms with E-state index in [-0.39, 0.29) is 10.6 Å². The molecule has 0 unspecified atom stereocenters. The first-order chi connectivity index (χ1) is 8.91. The monoisotopic (exact) mass is 274 g/mol. The number of sulfonamides is 1. The fraction of sp³-hybridized carbons (Fsp3) is 0.0714.